The fraction of sp³-hybridized carbons (Fsp3) is 0.294. The number of halogens is 1. The average molecular weight is 313 g/mol. The number of pyridine rings is 1. The highest BCUT2D eigenvalue weighted by molar-refractivity contribution is 6.32. The number of hydrogen-bond acceptors (Lipinski definition) is 4. The minimum atomic E-state index is 0.359. The predicted octanol–water partition coefficient (Wildman–Crippen LogP) is 3.69. The van der Waals surface area contributed by atoms with Crippen LogP contribution in [0.5, 0.6) is 0 Å². The fourth-order valence-electron chi connectivity index (χ4n) is 2.80. The van der Waals surface area contributed by atoms with Crippen LogP contribution in [0.15, 0.2) is 42.7 Å². The zero-order valence-electron chi connectivity index (χ0n) is 12.2. The second-order valence-corrected chi connectivity index (χ2v) is 5.85. The molecular weight excluding hydrogens is 296 g/mol. The molecule has 2 heterocycles. The summed E-state index contributed by atoms with van der Waals surface area (Å²) < 4.78 is 0. The normalized spacial score (nSPS) is 17.8. The molecule has 0 amide bonds. The SMILES string of the molecule is N#Cc1ccc(NC2CCCN(c3cccnc3)C2)cc1Cl. The van der Waals surface area contributed by atoms with E-state index in [1.54, 1.807) is 12.3 Å². The summed E-state index contributed by atoms with van der Waals surface area (Å²) in [7, 11) is 0. The molecule has 22 heavy (non-hydrogen) atoms. The number of piperidine rings is 1. The monoisotopic (exact) mass is 312 g/mol. The maximum Gasteiger partial charge on any atom is 0.101 e. The number of nitrogens with one attached hydrogen (secondary N) is 1. The Balaban J connectivity index is 1.68. The molecule has 1 aliphatic heterocycles. The standard InChI is InChI=1S/C17H17ClN4/c18-17-9-14(6-5-13(17)10-19)21-15-3-2-8-22(12-15)16-4-1-7-20-11-16/h1,4-7,9,11,15,21H,2-3,8,12H2. The zero-order chi connectivity index (χ0) is 15.4. The molecule has 2 aromatic rings. The Bertz CT molecular complexity index is 681. The van der Waals surface area contributed by atoms with E-state index in [0.29, 0.717) is 16.6 Å². The molecule has 0 radical (unpaired) electrons. The second kappa shape index (κ2) is 6.67. The quantitative estimate of drug-likeness (QED) is 0.939. The van der Waals surface area contributed by atoms with Crippen LogP contribution in [0, 0.1) is 11.3 Å². The van der Waals surface area contributed by atoms with Crippen molar-refractivity contribution in [2.75, 3.05) is 23.3 Å². The van der Waals surface area contributed by atoms with Gasteiger partial charge < -0.3 is 10.2 Å². The fourth-order valence-corrected chi connectivity index (χ4v) is 3.02. The van der Waals surface area contributed by atoms with Crippen LogP contribution >= 0.6 is 11.6 Å². The molecule has 0 saturated carbocycles. The van der Waals surface area contributed by atoms with E-state index in [1.165, 1.54) is 0 Å². The van der Waals surface area contributed by atoms with E-state index in [2.05, 4.69) is 27.3 Å². The Hall–Kier alpha value is -2.25. The summed E-state index contributed by atoms with van der Waals surface area (Å²) in [6.45, 7) is 1.99. The Labute approximate surface area is 135 Å². The molecule has 0 aliphatic carbocycles. The number of aromatic nitrogens is 1. The molecule has 1 aromatic heterocycles. The molecule has 1 atom stereocenters. The molecule has 3 rings (SSSR count). The summed E-state index contributed by atoms with van der Waals surface area (Å²) in [6.07, 6.45) is 5.95. The van der Waals surface area contributed by atoms with Gasteiger partial charge in [-0.25, -0.2) is 0 Å². The van der Waals surface area contributed by atoms with Gasteiger partial charge in [-0.2, -0.15) is 5.26 Å². The van der Waals surface area contributed by atoms with Gasteiger partial charge in [-0.3, -0.25) is 4.98 Å². The zero-order valence-corrected chi connectivity index (χ0v) is 12.9. The van der Waals surface area contributed by atoms with Gasteiger partial charge in [-0.1, -0.05) is 11.6 Å². The molecule has 1 aliphatic rings. The number of anilines is 2. The number of rotatable bonds is 3. The van der Waals surface area contributed by atoms with Crippen LogP contribution in [0.25, 0.3) is 0 Å². The van der Waals surface area contributed by atoms with Crippen molar-refractivity contribution in [3.05, 3.63) is 53.3 Å². The smallest absolute Gasteiger partial charge is 0.101 e. The van der Waals surface area contributed by atoms with Gasteiger partial charge >= 0.3 is 0 Å². The summed E-state index contributed by atoms with van der Waals surface area (Å²) in [4.78, 5) is 6.54. The Morgan fingerprint density at radius 1 is 1.36 bits per heavy atom. The molecule has 1 aromatic carbocycles. The molecule has 1 N–H and O–H groups in total. The van der Waals surface area contributed by atoms with Gasteiger partial charge in [0, 0.05) is 31.0 Å². The lowest BCUT2D eigenvalue weighted by atomic mass is 10.0. The molecular formula is C17H17ClN4. The van der Waals surface area contributed by atoms with Crippen LogP contribution in [0.1, 0.15) is 18.4 Å². The van der Waals surface area contributed by atoms with Crippen molar-refractivity contribution >= 4 is 23.0 Å². The van der Waals surface area contributed by atoms with Crippen molar-refractivity contribution in [1.82, 2.24) is 4.98 Å². The van der Waals surface area contributed by atoms with E-state index < -0.39 is 0 Å². The maximum absolute atomic E-state index is 8.92. The molecule has 1 saturated heterocycles. The van der Waals surface area contributed by atoms with Gasteiger partial charge in [0.25, 0.3) is 0 Å². The van der Waals surface area contributed by atoms with Crippen LogP contribution in [0.2, 0.25) is 5.02 Å². The third kappa shape index (κ3) is 3.32. The van der Waals surface area contributed by atoms with Crippen molar-refractivity contribution in [3.8, 4) is 6.07 Å². The largest absolute Gasteiger partial charge is 0.380 e. The summed E-state index contributed by atoms with van der Waals surface area (Å²) in [5.74, 6) is 0. The van der Waals surface area contributed by atoms with Gasteiger partial charge in [-0.05, 0) is 43.2 Å². The van der Waals surface area contributed by atoms with E-state index in [9.17, 15) is 0 Å². The van der Waals surface area contributed by atoms with Gasteiger partial charge in [0.05, 0.1) is 22.5 Å². The predicted molar refractivity (Wildman–Crippen MR) is 89.3 cm³/mol. The van der Waals surface area contributed by atoms with E-state index in [1.807, 2.05) is 24.4 Å². The number of hydrogen-bond donors (Lipinski definition) is 1. The van der Waals surface area contributed by atoms with E-state index in [-0.39, 0.29) is 0 Å². The first-order valence-corrected chi connectivity index (χ1v) is 7.75. The van der Waals surface area contributed by atoms with Gasteiger partial charge in [0.2, 0.25) is 0 Å². The number of benzene rings is 1. The van der Waals surface area contributed by atoms with Crippen molar-refractivity contribution < 1.29 is 0 Å². The first-order chi connectivity index (χ1) is 10.8. The topological polar surface area (TPSA) is 52.0 Å². The van der Waals surface area contributed by atoms with Crippen LogP contribution in [-0.2, 0) is 0 Å². The van der Waals surface area contributed by atoms with Gasteiger partial charge in [0.1, 0.15) is 6.07 Å². The average Bonchev–Trinajstić information content (AvgIpc) is 2.56. The summed E-state index contributed by atoms with van der Waals surface area (Å²) >= 11 is 6.09. The third-order valence-corrected chi connectivity index (χ3v) is 4.21. The number of nitrogens with zero attached hydrogens (tertiary/aromatic N) is 3. The van der Waals surface area contributed by atoms with Crippen molar-refractivity contribution in [1.29, 1.82) is 5.26 Å². The molecule has 0 spiro atoms. The van der Waals surface area contributed by atoms with E-state index >= 15 is 0 Å². The summed E-state index contributed by atoms with van der Waals surface area (Å²) in [5.41, 5.74) is 2.63. The lowest BCUT2D eigenvalue weighted by Crippen LogP contribution is -2.42. The van der Waals surface area contributed by atoms with Crippen molar-refractivity contribution in [2.24, 2.45) is 0 Å². The number of nitriles is 1. The van der Waals surface area contributed by atoms with Gasteiger partial charge in [0.15, 0.2) is 0 Å². The summed E-state index contributed by atoms with van der Waals surface area (Å²) in [6, 6.07) is 12.0. The molecule has 1 unspecified atom stereocenters. The molecule has 112 valence electrons. The molecule has 0 bridgehead atoms. The van der Waals surface area contributed by atoms with Crippen LogP contribution in [0.4, 0.5) is 11.4 Å². The molecule has 5 heteroatoms. The van der Waals surface area contributed by atoms with Crippen molar-refractivity contribution in [2.45, 2.75) is 18.9 Å². The Morgan fingerprint density at radius 3 is 3.00 bits per heavy atom. The minimum absolute atomic E-state index is 0.359. The Kier molecular flexibility index (Phi) is 4.45. The van der Waals surface area contributed by atoms with E-state index in [0.717, 1.165) is 37.3 Å². The maximum atomic E-state index is 8.92. The molecule has 4 nitrogen and oxygen atoms in total. The Morgan fingerprint density at radius 2 is 2.27 bits per heavy atom. The second-order valence-electron chi connectivity index (χ2n) is 5.45. The first kappa shape index (κ1) is 14.7. The van der Waals surface area contributed by atoms with Crippen LogP contribution < -0.4 is 10.2 Å². The third-order valence-electron chi connectivity index (χ3n) is 3.89. The molecule has 1 fully saturated rings. The van der Waals surface area contributed by atoms with Crippen LogP contribution in [-0.4, -0.2) is 24.1 Å². The van der Waals surface area contributed by atoms with Crippen LogP contribution in [0.3, 0.4) is 0 Å². The van der Waals surface area contributed by atoms with Crippen molar-refractivity contribution in [3.63, 3.8) is 0 Å². The first-order valence-electron chi connectivity index (χ1n) is 7.37. The highest BCUT2D eigenvalue weighted by Crippen LogP contribution is 2.24. The van der Waals surface area contributed by atoms with E-state index in [4.69, 9.17) is 16.9 Å². The highest BCUT2D eigenvalue weighted by atomic mass is 35.5. The van der Waals surface area contributed by atoms with Gasteiger partial charge in [-0.15, -0.1) is 0 Å². The lowest BCUT2D eigenvalue weighted by molar-refractivity contribution is 0.530. The summed E-state index contributed by atoms with van der Waals surface area (Å²) in [5, 5.41) is 12.9. The highest BCUT2D eigenvalue weighted by Gasteiger charge is 2.20. The lowest BCUT2D eigenvalue weighted by Gasteiger charge is -2.35. The minimum Gasteiger partial charge on any atom is -0.380 e.